The molecule has 0 unspecified atom stereocenters. The fraction of sp³-hybridized carbons (Fsp3) is 0.333. The van der Waals surface area contributed by atoms with Gasteiger partial charge in [0.15, 0.2) is 0 Å². The molecule has 126 valence electrons. The average Bonchev–Trinajstić information content (AvgIpc) is 2.50. The summed E-state index contributed by atoms with van der Waals surface area (Å²) in [5.74, 6) is -0.934. The van der Waals surface area contributed by atoms with Gasteiger partial charge in [-0.3, -0.25) is 9.59 Å². The summed E-state index contributed by atoms with van der Waals surface area (Å²) in [7, 11) is -3.97. The van der Waals surface area contributed by atoms with Crippen LogP contribution in [0, 0.1) is 0 Å². The fourth-order valence-corrected chi connectivity index (χ4v) is 2.62. The van der Waals surface area contributed by atoms with Crippen molar-refractivity contribution in [1.82, 2.24) is 10.0 Å². The van der Waals surface area contributed by atoms with Gasteiger partial charge in [-0.1, -0.05) is 18.2 Å². The summed E-state index contributed by atoms with van der Waals surface area (Å²) in [6.45, 7) is 6.73. The van der Waals surface area contributed by atoms with Crippen molar-refractivity contribution in [3.8, 4) is 0 Å². The highest BCUT2D eigenvalue weighted by molar-refractivity contribution is 7.90. The van der Waals surface area contributed by atoms with Crippen LogP contribution >= 0.6 is 0 Å². The van der Waals surface area contributed by atoms with Crippen LogP contribution in [0.15, 0.2) is 41.8 Å². The Kier molecular flexibility index (Phi) is 6.92. The molecule has 1 aromatic rings. The first kappa shape index (κ1) is 18.9. The summed E-state index contributed by atoms with van der Waals surface area (Å²) in [4.78, 5) is 22.6. The van der Waals surface area contributed by atoms with E-state index in [0.717, 1.165) is 5.56 Å². The van der Waals surface area contributed by atoms with Gasteiger partial charge in [-0.25, -0.2) is 13.1 Å². The predicted octanol–water partition coefficient (Wildman–Crippen LogP) is 0.719. The lowest BCUT2D eigenvalue weighted by Gasteiger charge is -2.13. The molecule has 0 fully saturated rings. The summed E-state index contributed by atoms with van der Waals surface area (Å²) in [6.07, 6.45) is 0.549. The van der Waals surface area contributed by atoms with Crippen molar-refractivity contribution in [3.63, 3.8) is 0 Å². The van der Waals surface area contributed by atoms with E-state index in [-0.39, 0.29) is 17.4 Å². The molecule has 1 rings (SSSR count). The van der Waals surface area contributed by atoms with Crippen LogP contribution < -0.4 is 10.0 Å². The Balaban J connectivity index is 2.74. The van der Waals surface area contributed by atoms with Crippen LogP contribution in [0.3, 0.4) is 0 Å². The number of hydrogen-bond acceptors (Lipinski definition) is 5. The summed E-state index contributed by atoms with van der Waals surface area (Å²) < 4.78 is 31.3. The summed E-state index contributed by atoms with van der Waals surface area (Å²) in [5, 5.41) is 2.60. The maximum Gasteiger partial charge on any atom is 0.264 e. The van der Waals surface area contributed by atoms with Gasteiger partial charge >= 0.3 is 0 Å². The van der Waals surface area contributed by atoms with E-state index in [4.69, 9.17) is 4.74 Å². The predicted molar refractivity (Wildman–Crippen MR) is 84.9 cm³/mol. The van der Waals surface area contributed by atoms with Gasteiger partial charge in [-0.15, -0.1) is 6.58 Å². The number of rotatable bonds is 8. The van der Waals surface area contributed by atoms with E-state index in [2.05, 4.69) is 11.9 Å². The molecule has 2 N–H and O–H groups in total. The topological polar surface area (TPSA) is 102 Å². The molecular formula is C15H20N2O5S. The van der Waals surface area contributed by atoms with Gasteiger partial charge in [0.1, 0.15) is 6.10 Å². The van der Waals surface area contributed by atoms with Crippen molar-refractivity contribution in [3.05, 3.63) is 42.5 Å². The highest BCUT2D eigenvalue weighted by Gasteiger charge is 2.21. The Morgan fingerprint density at radius 2 is 1.91 bits per heavy atom. The molecule has 0 aromatic heterocycles. The summed E-state index contributed by atoms with van der Waals surface area (Å²) in [6, 6.07) is 5.85. The quantitative estimate of drug-likeness (QED) is 0.679. The lowest BCUT2D eigenvalue weighted by atomic mass is 10.2. The van der Waals surface area contributed by atoms with Crippen LogP contribution in [0.5, 0.6) is 0 Å². The van der Waals surface area contributed by atoms with Crippen molar-refractivity contribution in [2.24, 2.45) is 0 Å². The first-order valence-electron chi connectivity index (χ1n) is 6.89. The van der Waals surface area contributed by atoms with E-state index >= 15 is 0 Å². The Hall–Kier alpha value is -2.19. The van der Waals surface area contributed by atoms with Crippen LogP contribution in [-0.2, 0) is 30.9 Å². The Bertz CT molecular complexity index is 668. The van der Waals surface area contributed by atoms with Crippen LogP contribution in [-0.4, -0.2) is 32.9 Å². The maximum atomic E-state index is 12.1. The first-order valence-corrected chi connectivity index (χ1v) is 8.37. The van der Waals surface area contributed by atoms with Gasteiger partial charge in [-0.05, 0) is 24.6 Å². The third kappa shape index (κ3) is 6.21. The van der Waals surface area contributed by atoms with Gasteiger partial charge in [0, 0.05) is 13.5 Å². The van der Waals surface area contributed by atoms with Crippen molar-refractivity contribution in [1.29, 1.82) is 0 Å². The Morgan fingerprint density at radius 3 is 2.43 bits per heavy atom. The van der Waals surface area contributed by atoms with E-state index in [9.17, 15) is 18.0 Å². The van der Waals surface area contributed by atoms with E-state index in [1.807, 2.05) is 4.72 Å². The average molecular weight is 340 g/mol. The number of benzene rings is 1. The molecule has 0 heterocycles. The molecule has 23 heavy (non-hydrogen) atoms. The number of nitrogens with one attached hydrogen (secondary N) is 2. The molecule has 2 amide bonds. The van der Waals surface area contributed by atoms with Gasteiger partial charge in [-0.2, -0.15) is 0 Å². The van der Waals surface area contributed by atoms with Crippen LogP contribution in [0.4, 0.5) is 0 Å². The third-order valence-electron chi connectivity index (χ3n) is 2.84. The van der Waals surface area contributed by atoms with Crippen LogP contribution in [0.25, 0.3) is 0 Å². The molecule has 0 saturated heterocycles. The Morgan fingerprint density at radius 1 is 1.30 bits per heavy atom. The molecule has 1 atom stereocenters. The second kappa shape index (κ2) is 8.44. The van der Waals surface area contributed by atoms with Gasteiger partial charge in [0.05, 0.1) is 11.5 Å². The minimum absolute atomic E-state index is 0.0478. The molecule has 8 heteroatoms. The first-order chi connectivity index (χ1) is 10.8. The third-order valence-corrected chi connectivity index (χ3v) is 4.21. The molecule has 0 aliphatic heterocycles. The van der Waals surface area contributed by atoms with Gasteiger partial charge in [0.2, 0.25) is 5.91 Å². The molecule has 0 bridgehead atoms. The lowest BCUT2D eigenvalue weighted by molar-refractivity contribution is -0.129. The highest BCUT2D eigenvalue weighted by atomic mass is 32.2. The minimum atomic E-state index is -3.97. The molecule has 0 spiro atoms. The van der Waals surface area contributed by atoms with Gasteiger partial charge in [0.25, 0.3) is 15.9 Å². The molecule has 0 aliphatic carbocycles. The largest absolute Gasteiger partial charge is 0.365 e. The van der Waals surface area contributed by atoms with Gasteiger partial charge < -0.3 is 10.1 Å². The lowest BCUT2D eigenvalue weighted by Crippen LogP contribution is -2.38. The maximum absolute atomic E-state index is 12.1. The SMILES string of the molecule is C=CCO[C@@H](C)C(=O)NS(=O)(=O)c1ccc(CNC(C)=O)cc1. The zero-order valence-electron chi connectivity index (χ0n) is 13.0. The normalized spacial score (nSPS) is 12.3. The van der Waals surface area contributed by atoms with Crippen molar-refractivity contribution < 1.29 is 22.7 Å². The fourth-order valence-electron chi connectivity index (χ4n) is 1.58. The zero-order valence-corrected chi connectivity index (χ0v) is 13.9. The van der Waals surface area contributed by atoms with E-state index in [1.165, 1.54) is 32.1 Å². The summed E-state index contributed by atoms with van der Waals surface area (Å²) in [5.41, 5.74) is 0.744. The standard InChI is InChI=1S/C15H20N2O5S/c1-4-9-22-11(2)15(19)17-23(20,21)14-7-5-13(6-8-14)10-16-12(3)18/h4-8,11H,1,9-10H2,2-3H3,(H,16,18)(H,17,19)/t11-/m0/s1. The van der Waals surface area contributed by atoms with Crippen LogP contribution in [0.1, 0.15) is 19.4 Å². The smallest absolute Gasteiger partial charge is 0.264 e. The molecule has 0 saturated carbocycles. The molecule has 0 radical (unpaired) electrons. The highest BCUT2D eigenvalue weighted by Crippen LogP contribution is 2.11. The van der Waals surface area contributed by atoms with E-state index < -0.39 is 22.0 Å². The molecular weight excluding hydrogens is 320 g/mol. The van der Waals surface area contributed by atoms with Crippen LogP contribution in [0.2, 0.25) is 0 Å². The number of hydrogen-bond donors (Lipinski definition) is 2. The number of carbonyl (C=O) groups is 2. The van der Waals surface area contributed by atoms with Crippen molar-refractivity contribution in [2.45, 2.75) is 31.4 Å². The number of sulfonamides is 1. The zero-order chi connectivity index (χ0) is 17.5. The molecule has 0 aliphatic rings. The van der Waals surface area contributed by atoms with Crippen molar-refractivity contribution in [2.75, 3.05) is 6.61 Å². The summed E-state index contributed by atoms with van der Waals surface area (Å²) >= 11 is 0. The number of amides is 2. The molecule has 7 nitrogen and oxygen atoms in total. The second-order valence-electron chi connectivity index (χ2n) is 4.79. The van der Waals surface area contributed by atoms with E-state index in [0.29, 0.717) is 6.54 Å². The Labute approximate surface area is 135 Å². The number of ether oxygens (including phenoxy) is 1. The minimum Gasteiger partial charge on any atom is -0.365 e. The number of carbonyl (C=O) groups excluding carboxylic acids is 2. The van der Waals surface area contributed by atoms with E-state index in [1.54, 1.807) is 12.1 Å². The molecule has 1 aromatic carbocycles. The van der Waals surface area contributed by atoms with Crippen molar-refractivity contribution >= 4 is 21.8 Å². The monoisotopic (exact) mass is 340 g/mol. The second-order valence-corrected chi connectivity index (χ2v) is 6.47.